The fourth-order valence-corrected chi connectivity index (χ4v) is 1.90. The second-order valence-corrected chi connectivity index (χ2v) is 4.77. The predicted molar refractivity (Wildman–Crippen MR) is 86.5 cm³/mol. The first-order chi connectivity index (χ1) is 10.1. The van der Waals surface area contributed by atoms with Crippen molar-refractivity contribution in [3.05, 3.63) is 59.1 Å². The van der Waals surface area contributed by atoms with Gasteiger partial charge in [0.15, 0.2) is 0 Å². The van der Waals surface area contributed by atoms with Gasteiger partial charge in [-0.25, -0.2) is 0 Å². The lowest BCUT2D eigenvalue weighted by Gasteiger charge is -2.08. The van der Waals surface area contributed by atoms with Gasteiger partial charge in [-0.15, -0.1) is 0 Å². The van der Waals surface area contributed by atoms with Gasteiger partial charge >= 0.3 is 0 Å². The summed E-state index contributed by atoms with van der Waals surface area (Å²) in [5, 5.41) is 3.25. The highest BCUT2D eigenvalue weighted by Crippen LogP contribution is 2.27. The van der Waals surface area contributed by atoms with E-state index in [0.717, 1.165) is 5.56 Å². The van der Waals surface area contributed by atoms with Gasteiger partial charge in [-0.2, -0.15) is 0 Å². The van der Waals surface area contributed by atoms with E-state index in [2.05, 4.69) is 5.32 Å². The standard InChI is InChI=1S/C16H15ClN2O2/c1-21-15-8-5-12(17)10-14(15)19-16(20)9-4-11-2-6-13(18)7-3-11/h2-10H,18H2,1H3,(H,19,20)/b9-4+. The van der Waals surface area contributed by atoms with Crippen LogP contribution in [0.5, 0.6) is 5.75 Å². The Hall–Kier alpha value is -2.46. The van der Waals surface area contributed by atoms with Crippen LogP contribution in [-0.2, 0) is 4.79 Å². The molecule has 3 N–H and O–H groups in total. The third kappa shape index (κ3) is 4.26. The molecule has 0 fully saturated rings. The van der Waals surface area contributed by atoms with Gasteiger partial charge in [0.25, 0.3) is 0 Å². The average molecular weight is 303 g/mol. The molecule has 0 atom stereocenters. The van der Waals surface area contributed by atoms with Gasteiger partial charge < -0.3 is 15.8 Å². The second-order valence-electron chi connectivity index (χ2n) is 4.33. The van der Waals surface area contributed by atoms with E-state index < -0.39 is 0 Å². The molecule has 108 valence electrons. The molecule has 0 aliphatic carbocycles. The van der Waals surface area contributed by atoms with E-state index in [4.69, 9.17) is 22.1 Å². The van der Waals surface area contributed by atoms with Gasteiger partial charge in [-0.3, -0.25) is 4.79 Å². The Morgan fingerprint density at radius 3 is 2.62 bits per heavy atom. The van der Waals surface area contributed by atoms with Gasteiger partial charge in [0.05, 0.1) is 12.8 Å². The molecule has 0 aliphatic rings. The highest BCUT2D eigenvalue weighted by molar-refractivity contribution is 6.31. The molecule has 1 amide bonds. The van der Waals surface area contributed by atoms with Crippen LogP contribution in [0, 0.1) is 0 Å². The lowest BCUT2D eigenvalue weighted by Crippen LogP contribution is -2.08. The first-order valence-electron chi connectivity index (χ1n) is 6.26. The van der Waals surface area contributed by atoms with Gasteiger partial charge in [0.2, 0.25) is 5.91 Å². The van der Waals surface area contributed by atoms with E-state index in [-0.39, 0.29) is 5.91 Å². The smallest absolute Gasteiger partial charge is 0.248 e. The summed E-state index contributed by atoms with van der Waals surface area (Å²) in [4.78, 5) is 11.9. The molecule has 4 nitrogen and oxygen atoms in total. The minimum Gasteiger partial charge on any atom is -0.495 e. The lowest BCUT2D eigenvalue weighted by molar-refractivity contribution is -0.111. The van der Waals surface area contributed by atoms with Crippen molar-refractivity contribution >= 4 is 35.0 Å². The average Bonchev–Trinajstić information content (AvgIpc) is 2.47. The Morgan fingerprint density at radius 2 is 1.95 bits per heavy atom. The van der Waals surface area contributed by atoms with Crippen molar-refractivity contribution in [2.24, 2.45) is 0 Å². The lowest BCUT2D eigenvalue weighted by atomic mass is 10.2. The SMILES string of the molecule is COc1ccc(Cl)cc1NC(=O)/C=C/c1ccc(N)cc1. The number of nitrogen functional groups attached to an aromatic ring is 1. The minimum atomic E-state index is -0.271. The predicted octanol–water partition coefficient (Wildman–Crippen LogP) is 3.58. The Balaban J connectivity index is 2.08. The normalized spacial score (nSPS) is 10.6. The number of nitrogens with two attached hydrogens (primary N) is 1. The molecule has 21 heavy (non-hydrogen) atoms. The van der Waals surface area contributed by atoms with Crippen molar-refractivity contribution < 1.29 is 9.53 Å². The largest absolute Gasteiger partial charge is 0.495 e. The molecule has 0 spiro atoms. The number of hydrogen-bond donors (Lipinski definition) is 2. The van der Waals surface area contributed by atoms with Crippen molar-refractivity contribution in [2.45, 2.75) is 0 Å². The molecule has 0 saturated heterocycles. The van der Waals surface area contributed by atoms with Gasteiger partial charge in [0.1, 0.15) is 5.75 Å². The van der Waals surface area contributed by atoms with E-state index in [0.29, 0.717) is 22.1 Å². The van der Waals surface area contributed by atoms with Crippen LogP contribution in [0.25, 0.3) is 6.08 Å². The number of rotatable bonds is 4. The van der Waals surface area contributed by atoms with Crippen LogP contribution in [0.15, 0.2) is 48.5 Å². The monoisotopic (exact) mass is 302 g/mol. The molecular formula is C16H15ClN2O2. The number of amides is 1. The number of carbonyl (C=O) groups is 1. The van der Waals surface area contributed by atoms with Gasteiger partial charge in [-0.05, 0) is 42.0 Å². The third-order valence-corrected chi connectivity index (χ3v) is 3.02. The molecule has 0 aliphatic heterocycles. The number of ether oxygens (including phenoxy) is 1. The van der Waals surface area contributed by atoms with Crippen LogP contribution in [0.2, 0.25) is 5.02 Å². The quantitative estimate of drug-likeness (QED) is 0.670. The first-order valence-corrected chi connectivity index (χ1v) is 6.64. The zero-order chi connectivity index (χ0) is 15.2. The number of hydrogen-bond acceptors (Lipinski definition) is 3. The maximum absolute atomic E-state index is 11.9. The van der Waals surface area contributed by atoms with E-state index in [1.165, 1.54) is 13.2 Å². The third-order valence-electron chi connectivity index (χ3n) is 2.78. The number of methoxy groups -OCH3 is 1. The number of anilines is 2. The molecule has 0 heterocycles. The number of carbonyl (C=O) groups excluding carboxylic acids is 1. The molecule has 0 unspecified atom stereocenters. The molecule has 2 aromatic rings. The summed E-state index contributed by atoms with van der Waals surface area (Å²) >= 11 is 5.91. The van der Waals surface area contributed by atoms with Crippen LogP contribution in [0.4, 0.5) is 11.4 Å². The summed E-state index contributed by atoms with van der Waals surface area (Å²) in [6, 6.07) is 12.2. The van der Waals surface area contributed by atoms with Gasteiger partial charge in [-0.1, -0.05) is 23.7 Å². The highest BCUT2D eigenvalue weighted by Gasteiger charge is 2.06. The molecule has 2 aromatic carbocycles. The van der Waals surface area contributed by atoms with Crippen LogP contribution in [0.3, 0.4) is 0 Å². The summed E-state index contributed by atoms with van der Waals surface area (Å²) in [5.74, 6) is 0.279. The molecule has 0 saturated carbocycles. The summed E-state index contributed by atoms with van der Waals surface area (Å²) < 4.78 is 5.17. The van der Waals surface area contributed by atoms with E-state index in [9.17, 15) is 4.79 Å². The topological polar surface area (TPSA) is 64.3 Å². The molecule has 0 radical (unpaired) electrons. The van der Waals surface area contributed by atoms with Crippen molar-refractivity contribution in [3.63, 3.8) is 0 Å². The highest BCUT2D eigenvalue weighted by atomic mass is 35.5. The molecule has 0 aromatic heterocycles. The summed E-state index contributed by atoms with van der Waals surface area (Å²) in [6.45, 7) is 0. The molecular weight excluding hydrogens is 288 g/mol. The summed E-state index contributed by atoms with van der Waals surface area (Å²) in [5.41, 5.74) is 7.69. The van der Waals surface area contributed by atoms with E-state index in [1.54, 1.807) is 36.4 Å². The van der Waals surface area contributed by atoms with Crippen molar-refractivity contribution in [1.29, 1.82) is 0 Å². The van der Waals surface area contributed by atoms with Crippen molar-refractivity contribution in [3.8, 4) is 5.75 Å². The Labute approximate surface area is 128 Å². The molecule has 5 heteroatoms. The fraction of sp³-hybridized carbons (Fsp3) is 0.0625. The van der Waals surface area contributed by atoms with Crippen LogP contribution in [0.1, 0.15) is 5.56 Å². The number of benzene rings is 2. The Morgan fingerprint density at radius 1 is 1.24 bits per heavy atom. The zero-order valence-electron chi connectivity index (χ0n) is 11.5. The van der Waals surface area contributed by atoms with Crippen molar-refractivity contribution in [1.82, 2.24) is 0 Å². The Kier molecular flexibility index (Phi) is 4.85. The number of halogens is 1. The van der Waals surface area contributed by atoms with E-state index >= 15 is 0 Å². The van der Waals surface area contributed by atoms with Crippen molar-refractivity contribution in [2.75, 3.05) is 18.2 Å². The maximum atomic E-state index is 11.9. The Bertz CT molecular complexity index is 666. The van der Waals surface area contributed by atoms with E-state index in [1.807, 2.05) is 12.1 Å². The zero-order valence-corrected chi connectivity index (χ0v) is 12.2. The van der Waals surface area contributed by atoms with Crippen LogP contribution < -0.4 is 15.8 Å². The summed E-state index contributed by atoms with van der Waals surface area (Å²) in [7, 11) is 1.53. The fourth-order valence-electron chi connectivity index (χ4n) is 1.73. The number of nitrogens with one attached hydrogen (secondary N) is 1. The maximum Gasteiger partial charge on any atom is 0.248 e. The van der Waals surface area contributed by atoms with Crippen LogP contribution >= 0.6 is 11.6 Å². The first kappa shape index (κ1) is 14.9. The molecule has 0 bridgehead atoms. The molecule has 2 rings (SSSR count). The minimum absolute atomic E-state index is 0.271. The second kappa shape index (κ2) is 6.81. The summed E-state index contributed by atoms with van der Waals surface area (Å²) in [6.07, 6.45) is 3.14. The van der Waals surface area contributed by atoms with Crippen LogP contribution in [-0.4, -0.2) is 13.0 Å². The van der Waals surface area contributed by atoms with Gasteiger partial charge in [0, 0.05) is 16.8 Å².